The third-order valence-corrected chi connectivity index (χ3v) is 4.13. The van der Waals surface area contributed by atoms with Crippen molar-refractivity contribution in [2.45, 2.75) is 24.3 Å². The van der Waals surface area contributed by atoms with Crippen molar-refractivity contribution in [1.82, 2.24) is 15.2 Å². The monoisotopic (exact) mass is 354 g/mol. The molecule has 0 saturated carbocycles. The summed E-state index contributed by atoms with van der Waals surface area (Å²) in [6, 6.07) is 4.93. The Bertz CT molecular complexity index is 781. The number of aryl methyl sites for hydroxylation is 1. The molecule has 0 spiro atoms. The highest BCUT2D eigenvalue weighted by Crippen LogP contribution is 2.28. The largest absolute Gasteiger partial charge is 0.495 e. The predicted octanol–water partition coefficient (Wildman–Crippen LogP) is 2.25. The van der Waals surface area contributed by atoms with Crippen molar-refractivity contribution < 1.29 is 9.53 Å². The Morgan fingerprint density at radius 3 is 2.83 bits per heavy atom. The van der Waals surface area contributed by atoms with Gasteiger partial charge < -0.3 is 10.1 Å². The van der Waals surface area contributed by atoms with Crippen molar-refractivity contribution in [3.8, 4) is 5.75 Å². The lowest BCUT2D eigenvalue weighted by Crippen LogP contribution is -2.24. The topological polar surface area (TPSA) is 97.0 Å². The van der Waals surface area contributed by atoms with Crippen LogP contribution in [0.5, 0.6) is 5.75 Å². The fraction of sp³-hybridized carbons (Fsp3) is 0.286. The first-order chi connectivity index (χ1) is 10.9. The van der Waals surface area contributed by atoms with Gasteiger partial charge in [0.05, 0.1) is 18.0 Å². The standard InChI is InChI=1S/C14H15ClN4O3S/c1-7-12(20)17-14(19-18-7)23-8(2)13(21)16-10-6-9(15)4-5-11(10)22-3/h4-6,8H,1-3H3,(H,16,21)(H,17,19,20). The van der Waals surface area contributed by atoms with Gasteiger partial charge in [-0.25, -0.2) is 0 Å². The van der Waals surface area contributed by atoms with Gasteiger partial charge in [-0.05, 0) is 32.0 Å². The maximum atomic E-state index is 12.3. The highest BCUT2D eigenvalue weighted by Gasteiger charge is 2.18. The van der Waals surface area contributed by atoms with E-state index < -0.39 is 5.25 Å². The first-order valence-corrected chi connectivity index (χ1v) is 7.91. The number of H-pyrrole nitrogens is 1. The zero-order valence-corrected chi connectivity index (χ0v) is 14.3. The van der Waals surface area contributed by atoms with E-state index >= 15 is 0 Å². The summed E-state index contributed by atoms with van der Waals surface area (Å²) in [5, 5.41) is 10.6. The second-order valence-electron chi connectivity index (χ2n) is 4.64. The van der Waals surface area contributed by atoms with Crippen LogP contribution in [0.1, 0.15) is 12.6 Å². The molecule has 122 valence electrons. The first kappa shape index (κ1) is 17.3. The molecule has 1 amide bonds. The number of hydrogen-bond acceptors (Lipinski definition) is 6. The summed E-state index contributed by atoms with van der Waals surface area (Å²) in [5.74, 6) is 0.224. The number of benzene rings is 1. The van der Waals surface area contributed by atoms with Crippen LogP contribution in [0.15, 0.2) is 28.2 Å². The van der Waals surface area contributed by atoms with Crippen molar-refractivity contribution in [2.24, 2.45) is 0 Å². The van der Waals surface area contributed by atoms with Crippen LogP contribution >= 0.6 is 23.4 Å². The lowest BCUT2D eigenvalue weighted by molar-refractivity contribution is -0.115. The van der Waals surface area contributed by atoms with Gasteiger partial charge in [0.15, 0.2) is 5.16 Å². The second kappa shape index (κ2) is 7.47. The number of carbonyl (C=O) groups excluding carboxylic acids is 1. The minimum atomic E-state index is -0.508. The van der Waals surface area contributed by atoms with E-state index in [1.165, 1.54) is 7.11 Å². The van der Waals surface area contributed by atoms with Crippen LogP contribution in [-0.4, -0.2) is 33.4 Å². The molecule has 0 bridgehead atoms. The molecule has 7 nitrogen and oxygen atoms in total. The van der Waals surface area contributed by atoms with E-state index in [1.807, 2.05) is 0 Å². The number of amides is 1. The molecular weight excluding hydrogens is 340 g/mol. The van der Waals surface area contributed by atoms with Crippen molar-refractivity contribution in [1.29, 1.82) is 0 Å². The maximum Gasteiger partial charge on any atom is 0.273 e. The molecule has 23 heavy (non-hydrogen) atoms. The summed E-state index contributed by atoms with van der Waals surface area (Å²) in [5.41, 5.74) is 0.419. The molecule has 2 aromatic rings. The average Bonchev–Trinajstić information content (AvgIpc) is 2.51. The molecule has 0 aliphatic rings. The molecule has 0 aliphatic carbocycles. The normalized spacial score (nSPS) is 11.8. The van der Waals surface area contributed by atoms with Crippen molar-refractivity contribution in [3.63, 3.8) is 0 Å². The number of methoxy groups -OCH3 is 1. The summed E-state index contributed by atoms with van der Waals surface area (Å²) in [6.45, 7) is 3.25. The molecule has 0 radical (unpaired) electrons. The van der Waals surface area contributed by atoms with Gasteiger partial charge in [0.2, 0.25) is 5.91 Å². The predicted molar refractivity (Wildman–Crippen MR) is 89.3 cm³/mol. The minimum Gasteiger partial charge on any atom is -0.495 e. The average molecular weight is 355 g/mol. The Morgan fingerprint density at radius 1 is 1.43 bits per heavy atom. The summed E-state index contributed by atoms with van der Waals surface area (Å²) < 4.78 is 5.18. The zero-order valence-electron chi connectivity index (χ0n) is 12.7. The smallest absolute Gasteiger partial charge is 0.273 e. The fourth-order valence-corrected chi connectivity index (χ4v) is 2.58. The van der Waals surface area contributed by atoms with Gasteiger partial charge in [-0.3, -0.25) is 14.6 Å². The molecular formula is C14H15ClN4O3S. The number of thioether (sulfide) groups is 1. The molecule has 1 heterocycles. The van der Waals surface area contributed by atoms with Crippen LogP contribution in [0.3, 0.4) is 0 Å². The number of aromatic amines is 1. The molecule has 0 fully saturated rings. The quantitative estimate of drug-likeness (QED) is 0.799. The van der Waals surface area contributed by atoms with Gasteiger partial charge in [-0.1, -0.05) is 23.4 Å². The Kier molecular flexibility index (Phi) is 5.62. The zero-order chi connectivity index (χ0) is 17.0. The summed E-state index contributed by atoms with van der Waals surface area (Å²) in [4.78, 5) is 26.3. The van der Waals surface area contributed by atoms with E-state index in [9.17, 15) is 9.59 Å². The Hall–Kier alpha value is -2.06. The van der Waals surface area contributed by atoms with Crippen LogP contribution in [0, 0.1) is 6.92 Å². The summed E-state index contributed by atoms with van der Waals surface area (Å²) in [6.07, 6.45) is 0. The lowest BCUT2D eigenvalue weighted by Gasteiger charge is -2.13. The third-order valence-electron chi connectivity index (χ3n) is 2.92. The van der Waals surface area contributed by atoms with Crippen molar-refractivity contribution in [2.75, 3.05) is 12.4 Å². The van der Waals surface area contributed by atoms with Crippen molar-refractivity contribution in [3.05, 3.63) is 39.3 Å². The minimum absolute atomic E-state index is 0.273. The fourth-order valence-electron chi connectivity index (χ4n) is 1.66. The Morgan fingerprint density at radius 2 is 2.17 bits per heavy atom. The van der Waals surface area contributed by atoms with Crippen LogP contribution in [0.2, 0.25) is 5.02 Å². The van der Waals surface area contributed by atoms with Gasteiger partial charge in [-0.15, -0.1) is 10.2 Å². The van der Waals surface area contributed by atoms with Gasteiger partial charge in [-0.2, -0.15) is 0 Å². The molecule has 1 atom stereocenters. The highest BCUT2D eigenvalue weighted by atomic mass is 35.5. The van der Waals surface area contributed by atoms with E-state index in [-0.39, 0.29) is 22.3 Å². The number of aromatic nitrogens is 3. The van der Waals surface area contributed by atoms with Crippen LogP contribution < -0.4 is 15.6 Å². The Labute approximate surface area is 141 Å². The van der Waals surface area contributed by atoms with Crippen LogP contribution in [-0.2, 0) is 4.79 Å². The molecule has 2 rings (SSSR count). The van der Waals surface area contributed by atoms with Gasteiger partial charge in [0, 0.05) is 5.02 Å². The number of hydrogen-bond donors (Lipinski definition) is 2. The number of nitrogens with zero attached hydrogens (tertiary/aromatic N) is 2. The molecule has 1 unspecified atom stereocenters. The summed E-state index contributed by atoms with van der Waals surface area (Å²) >= 11 is 7.03. The molecule has 2 N–H and O–H groups in total. The van der Waals surface area contributed by atoms with Crippen molar-refractivity contribution >= 4 is 35.0 Å². The number of nitrogens with one attached hydrogen (secondary N) is 2. The lowest BCUT2D eigenvalue weighted by atomic mass is 10.3. The molecule has 0 aliphatic heterocycles. The Balaban J connectivity index is 2.09. The second-order valence-corrected chi connectivity index (χ2v) is 6.40. The van der Waals surface area contributed by atoms with Gasteiger partial charge in [0.25, 0.3) is 5.56 Å². The third kappa shape index (κ3) is 4.46. The highest BCUT2D eigenvalue weighted by molar-refractivity contribution is 8.00. The van der Waals surface area contributed by atoms with Gasteiger partial charge >= 0.3 is 0 Å². The summed E-state index contributed by atoms with van der Waals surface area (Å²) in [7, 11) is 1.50. The number of halogens is 1. The molecule has 1 aromatic carbocycles. The van der Waals surface area contributed by atoms with Crippen LogP contribution in [0.4, 0.5) is 5.69 Å². The van der Waals surface area contributed by atoms with E-state index in [4.69, 9.17) is 16.3 Å². The molecule has 0 saturated heterocycles. The van der Waals surface area contributed by atoms with Gasteiger partial charge in [0.1, 0.15) is 11.4 Å². The maximum absolute atomic E-state index is 12.3. The van der Waals surface area contributed by atoms with E-state index in [0.717, 1.165) is 11.8 Å². The van der Waals surface area contributed by atoms with E-state index in [0.29, 0.717) is 16.5 Å². The molecule has 9 heteroatoms. The number of carbonyl (C=O) groups is 1. The number of rotatable bonds is 5. The SMILES string of the molecule is COc1ccc(Cl)cc1NC(=O)C(C)Sc1nnc(C)c(=O)[nH]1. The van der Waals surface area contributed by atoms with Crippen LogP contribution in [0.25, 0.3) is 0 Å². The molecule has 1 aromatic heterocycles. The number of anilines is 1. The van der Waals surface area contributed by atoms with E-state index in [1.54, 1.807) is 32.0 Å². The van der Waals surface area contributed by atoms with E-state index in [2.05, 4.69) is 20.5 Å². The first-order valence-electron chi connectivity index (χ1n) is 6.65. The number of ether oxygens (including phenoxy) is 1.